The van der Waals surface area contributed by atoms with Gasteiger partial charge in [-0.15, -0.1) is 0 Å². The lowest BCUT2D eigenvalue weighted by molar-refractivity contribution is 0.161. The molecule has 94 valence electrons. The topological polar surface area (TPSA) is 60.4 Å². The molecule has 0 bridgehead atoms. The zero-order valence-corrected chi connectivity index (χ0v) is 10.6. The van der Waals surface area contributed by atoms with Crippen molar-refractivity contribution < 1.29 is 9.47 Å². The van der Waals surface area contributed by atoms with Crippen LogP contribution in [0.15, 0.2) is 0 Å². The van der Waals surface area contributed by atoms with Crippen molar-refractivity contribution in [2.45, 2.75) is 6.42 Å². The molecule has 1 saturated heterocycles. The molecule has 1 atom stereocenters. The van der Waals surface area contributed by atoms with Crippen LogP contribution in [0.1, 0.15) is 6.42 Å². The number of anilines is 1. The summed E-state index contributed by atoms with van der Waals surface area (Å²) >= 11 is 5.81. The maximum atomic E-state index is 5.81. The molecule has 1 aromatic heterocycles. The third-order valence-electron chi connectivity index (χ3n) is 2.73. The highest BCUT2D eigenvalue weighted by Crippen LogP contribution is 2.22. The summed E-state index contributed by atoms with van der Waals surface area (Å²) in [6.45, 7) is 2.53. The highest BCUT2D eigenvalue weighted by Gasteiger charge is 2.25. The van der Waals surface area contributed by atoms with Crippen LogP contribution in [0.2, 0.25) is 5.28 Å². The van der Waals surface area contributed by atoms with Crippen LogP contribution in [0.5, 0.6) is 6.01 Å². The number of methoxy groups -OCH3 is 2. The van der Waals surface area contributed by atoms with Gasteiger partial charge in [0.2, 0.25) is 11.2 Å². The van der Waals surface area contributed by atoms with Gasteiger partial charge in [0.25, 0.3) is 0 Å². The van der Waals surface area contributed by atoms with E-state index in [4.69, 9.17) is 21.1 Å². The lowest BCUT2D eigenvalue weighted by Crippen LogP contribution is -2.23. The Kier molecular flexibility index (Phi) is 3.96. The van der Waals surface area contributed by atoms with E-state index in [2.05, 4.69) is 19.9 Å². The van der Waals surface area contributed by atoms with Crippen molar-refractivity contribution in [3.05, 3.63) is 5.28 Å². The monoisotopic (exact) mass is 258 g/mol. The van der Waals surface area contributed by atoms with Gasteiger partial charge in [-0.05, 0) is 18.0 Å². The number of hydrogen-bond acceptors (Lipinski definition) is 6. The lowest BCUT2D eigenvalue weighted by Gasteiger charge is -2.16. The molecule has 1 aliphatic heterocycles. The van der Waals surface area contributed by atoms with Crippen LogP contribution in [0.25, 0.3) is 0 Å². The second kappa shape index (κ2) is 5.46. The van der Waals surface area contributed by atoms with Crippen LogP contribution >= 0.6 is 11.6 Å². The van der Waals surface area contributed by atoms with Crippen molar-refractivity contribution in [1.29, 1.82) is 0 Å². The van der Waals surface area contributed by atoms with Gasteiger partial charge in [0.1, 0.15) is 0 Å². The highest BCUT2D eigenvalue weighted by molar-refractivity contribution is 6.28. The second-order valence-electron chi connectivity index (χ2n) is 3.95. The zero-order chi connectivity index (χ0) is 12.3. The summed E-state index contributed by atoms with van der Waals surface area (Å²) in [7, 11) is 3.22. The third-order valence-corrected chi connectivity index (χ3v) is 2.90. The Morgan fingerprint density at radius 1 is 1.35 bits per heavy atom. The summed E-state index contributed by atoms with van der Waals surface area (Å²) in [5, 5.41) is 0.155. The van der Waals surface area contributed by atoms with E-state index in [0.29, 0.717) is 11.9 Å². The summed E-state index contributed by atoms with van der Waals surface area (Å²) in [4.78, 5) is 14.2. The number of ether oxygens (including phenoxy) is 2. The average Bonchev–Trinajstić information content (AvgIpc) is 2.77. The van der Waals surface area contributed by atoms with Gasteiger partial charge in [-0.3, -0.25) is 0 Å². The predicted octanol–water partition coefficient (Wildman–Crippen LogP) is 1.01. The Labute approximate surface area is 105 Å². The van der Waals surface area contributed by atoms with Crippen molar-refractivity contribution in [1.82, 2.24) is 15.0 Å². The summed E-state index contributed by atoms with van der Waals surface area (Å²) in [5.41, 5.74) is 0. The van der Waals surface area contributed by atoms with E-state index in [9.17, 15) is 0 Å². The van der Waals surface area contributed by atoms with E-state index in [1.54, 1.807) is 7.11 Å². The molecule has 0 aliphatic carbocycles. The van der Waals surface area contributed by atoms with Crippen molar-refractivity contribution in [2.75, 3.05) is 38.8 Å². The normalized spacial score (nSPS) is 19.7. The fourth-order valence-electron chi connectivity index (χ4n) is 1.94. The van der Waals surface area contributed by atoms with Crippen LogP contribution in [-0.2, 0) is 4.74 Å². The first kappa shape index (κ1) is 12.3. The largest absolute Gasteiger partial charge is 0.467 e. The molecule has 0 N–H and O–H groups in total. The molecule has 1 aliphatic rings. The minimum absolute atomic E-state index is 0.155. The molecule has 1 fully saturated rings. The lowest BCUT2D eigenvalue weighted by atomic mass is 10.1. The number of halogens is 1. The van der Waals surface area contributed by atoms with Gasteiger partial charge in [-0.1, -0.05) is 0 Å². The quantitative estimate of drug-likeness (QED) is 0.803. The van der Waals surface area contributed by atoms with Crippen LogP contribution in [0.4, 0.5) is 5.95 Å². The highest BCUT2D eigenvalue weighted by atomic mass is 35.5. The van der Waals surface area contributed by atoms with Gasteiger partial charge in [0.15, 0.2) is 0 Å². The van der Waals surface area contributed by atoms with E-state index in [1.165, 1.54) is 7.11 Å². The second-order valence-corrected chi connectivity index (χ2v) is 4.29. The molecule has 7 heteroatoms. The molecule has 2 rings (SSSR count). The first-order valence-corrected chi connectivity index (χ1v) is 5.80. The molecule has 0 spiro atoms. The van der Waals surface area contributed by atoms with Crippen molar-refractivity contribution in [3.63, 3.8) is 0 Å². The van der Waals surface area contributed by atoms with Crippen molar-refractivity contribution >= 4 is 17.5 Å². The summed E-state index contributed by atoms with van der Waals surface area (Å²) < 4.78 is 10.1. The zero-order valence-electron chi connectivity index (χ0n) is 9.89. The minimum atomic E-state index is 0.155. The van der Waals surface area contributed by atoms with Crippen molar-refractivity contribution in [2.24, 2.45) is 5.92 Å². The predicted molar refractivity (Wildman–Crippen MR) is 63.6 cm³/mol. The Morgan fingerprint density at radius 3 is 2.88 bits per heavy atom. The molecule has 6 nitrogen and oxygen atoms in total. The van der Waals surface area contributed by atoms with Gasteiger partial charge in [-0.2, -0.15) is 15.0 Å². The van der Waals surface area contributed by atoms with Crippen LogP contribution < -0.4 is 9.64 Å². The standard InChI is InChI=1S/C10H15ClN4O2/c1-16-6-7-3-4-15(5-7)9-12-8(11)13-10(14-9)17-2/h7H,3-6H2,1-2H3. The van der Waals surface area contributed by atoms with Crippen LogP contribution in [0, 0.1) is 5.92 Å². The Balaban J connectivity index is 2.10. The summed E-state index contributed by atoms with van der Waals surface area (Å²) in [6.07, 6.45) is 1.07. The van der Waals surface area contributed by atoms with E-state index in [1.807, 2.05) is 0 Å². The molecule has 0 saturated carbocycles. The number of aromatic nitrogens is 3. The first-order chi connectivity index (χ1) is 8.22. The van der Waals surface area contributed by atoms with Gasteiger partial charge in [0.05, 0.1) is 13.7 Å². The average molecular weight is 259 g/mol. The molecule has 0 aromatic carbocycles. The third kappa shape index (κ3) is 2.95. The van der Waals surface area contributed by atoms with Gasteiger partial charge >= 0.3 is 6.01 Å². The smallest absolute Gasteiger partial charge is 0.322 e. The van der Waals surface area contributed by atoms with E-state index in [-0.39, 0.29) is 11.3 Å². The summed E-state index contributed by atoms with van der Waals surface area (Å²) in [5.74, 6) is 1.09. The fraction of sp³-hybridized carbons (Fsp3) is 0.700. The molecule has 0 amide bonds. The molecular weight excluding hydrogens is 244 g/mol. The first-order valence-electron chi connectivity index (χ1n) is 5.42. The van der Waals surface area contributed by atoms with Crippen molar-refractivity contribution in [3.8, 4) is 6.01 Å². The minimum Gasteiger partial charge on any atom is -0.467 e. The molecular formula is C10H15ClN4O2. The Hall–Kier alpha value is -1.14. The number of nitrogens with zero attached hydrogens (tertiary/aromatic N) is 4. The van der Waals surface area contributed by atoms with Gasteiger partial charge in [0, 0.05) is 26.1 Å². The molecule has 0 radical (unpaired) electrons. The molecule has 1 aromatic rings. The fourth-order valence-corrected chi connectivity index (χ4v) is 2.09. The summed E-state index contributed by atoms with van der Waals surface area (Å²) in [6, 6.07) is 0.246. The SMILES string of the molecule is COCC1CCN(c2nc(Cl)nc(OC)n2)C1. The molecule has 2 heterocycles. The van der Waals surface area contributed by atoms with Crippen LogP contribution in [0.3, 0.4) is 0 Å². The van der Waals surface area contributed by atoms with E-state index < -0.39 is 0 Å². The maximum Gasteiger partial charge on any atom is 0.322 e. The number of rotatable bonds is 4. The van der Waals surface area contributed by atoms with Crippen LogP contribution in [-0.4, -0.2) is 48.9 Å². The van der Waals surface area contributed by atoms with Gasteiger partial charge < -0.3 is 14.4 Å². The Bertz CT molecular complexity index is 391. The number of hydrogen-bond donors (Lipinski definition) is 0. The van der Waals surface area contributed by atoms with E-state index in [0.717, 1.165) is 26.1 Å². The maximum absolute atomic E-state index is 5.81. The molecule has 17 heavy (non-hydrogen) atoms. The van der Waals surface area contributed by atoms with Gasteiger partial charge in [-0.25, -0.2) is 0 Å². The Morgan fingerprint density at radius 2 is 2.18 bits per heavy atom. The van der Waals surface area contributed by atoms with E-state index >= 15 is 0 Å². The molecule has 1 unspecified atom stereocenters.